The van der Waals surface area contributed by atoms with Crippen LogP contribution in [0.2, 0.25) is 0 Å². The lowest BCUT2D eigenvalue weighted by molar-refractivity contribution is 0.223. The molecule has 1 aromatic rings. The van der Waals surface area contributed by atoms with Gasteiger partial charge in [0.15, 0.2) is 0 Å². The average Bonchev–Trinajstić information content (AvgIpc) is 3.33. The van der Waals surface area contributed by atoms with Crippen molar-refractivity contribution in [2.45, 2.75) is 32.7 Å². The fraction of sp³-hybridized carbons (Fsp3) is 0.667. The van der Waals surface area contributed by atoms with Gasteiger partial charge in [0.25, 0.3) is 0 Å². The van der Waals surface area contributed by atoms with Gasteiger partial charge in [-0.05, 0) is 56.8 Å². The van der Waals surface area contributed by atoms with Crippen molar-refractivity contribution < 1.29 is 0 Å². The van der Waals surface area contributed by atoms with Crippen LogP contribution in [-0.4, -0.2) is 50.7 Å². The Morgan fingerprint density at radius 3 is 2.48 bits per heavy atom. The molecular formula is C18H29N3. The Labute approximate surface area is 129 Å². The third-order valence-corrected chi connectivity index (χ3v) is 5.31. The highest BCUT2D eigenvalue weighted by atomic mass is 15.3. The highest BCUT2D eigenvalue weighted by Gasteiger charge is 2.32. The van der Waals surface area contributed by atoms with Crippen LogP contribution in [0.15, 0.2) is 18.2 Å². The van der Waals surface area contributed by atoms with E-state index in [1.807, 2.05) is 0 Å². The highest BCUT2D eigenvalue weighted by Crippen LogP contribution is 2.33. The molecule has 2 aliphatic rings. The van der Waals surface area contributed by atoms with Gasteiger partial charge in [0, 0.05) is 44.5 Å². The van der Waals surface area contributed by atoms with Crippen molar-refractivity contribution in [3.05, 3.63) is 29.3 Å². The van der Waals surface area contributed by atoms with Crippen molar-refractivity contribution in [1.29, 1.82) is 0 Å². The van der Waals surface area contributed by atoms with Crippen LogP contribution in [0.4, 0.5) is 5.69 Å². The summed E-state index contributed by atoms with van der Waals surface area (Å²) in [6, 6.07) is 7.38. The summed E-state index contributed by atoms with van der Waals surface area (Å²) in [6.07, 6.45) is 2.85. The Kier molecular flexibility index (Phi) is 4.51. The van der Waals surface area contributed by atoms with E-state index in [-0.39, 0.29) is 0 Å². The summed E-state index contributed by atoms with van der Waals surface area (Å²) in [5.74, 6) is 0.937. The molecule has 1 aromatic carbocycles. The maximum absolute atomic E-state index is 3.52. The van der Waals surface area contributed by atoms with Crippen molar-refractivity contribution in [1.82, 2.24) is 10.2 Å². The van der Waals surface area contributed by atoms with E-state index in [1.54, 1.807) is 0 Å². The Hall–Kier alpha value is -1.06. The molecule has 3 rings (SSSR count). The molecule has 0 amide bonds. The molecular weight excluding hydrogens is 258 g/mol. The van der Waals surface area contributed by atoms with Gasteiger partial charge in [0.05, 0.1) is 0 Å². The number of rotatable bonds is 5. The molecule has 0 radical (unpaired) electrons. The third kappa shape index (κ3) is 3.41. The van der Waals surface area contributed by atoms with Crippen LogP contribution in [-0.2, 0) is 0 Å². The molecule has 0 aromatic heterocycles. The number of aryl methyl sites for hydroxylation is 1. The maximum Gasteiger partial charge on any atom is 0.0399 e. The topological polar surface area (TPSA) is 18.5 Å². The molecule has 1 saturated heterocycles. The molecule has 1 saturated carbocycles. The largest absolute Gasteiger partial charge is 0.369 e. The predicted octanol–water partition coefficient (Wildman–Crippen LogP) is 2.42. The van der Waals surface area contributed by atoms with Crippen LogP contribution in [0, 0.1) is 19.8 Å². The quantitative estimate of drug-likeness (QED) is 0.897. The number of benzene rings is 1. The first-order chi connectivity index (χ1) is 10.2. The molecule has 1 aliphatic heterocycles. The normalized spacial score (nSPS) is 21.6. The number of piperazine rings is 1. The van der Waals surface area contributed by atoms with E-state index in [2.05, 4.69) is 54.2 Å². The van der Waals surface area contributed by atoms with E-state index in [4.69, 9.17) is 0 Å². The summed E-state index contributed by atoms with van der Waals surface area (Å²) in [5, 5.41) is 3.52. The lowest BCUT2D eigenvalue weighted by Gasteiger charge is -2.38. The van der Waals surface area contributed by atoms with Gasteiger partial charge in [0.2, 0.25) is 0 Å². The standard InChI is InChI=1S/C18H29N3/c1-14-5-4-6-18(15(14)2)21-11-9-20(10-12-21)13-17(19-3)16-7-8-16/h4-6,16-17,19H,7-13H2,1-3H3. The summed E-state index contributed by atoms with van der Waals surface area (Å²) in [4.78, 5) is 5.20. The van der Waals surface area contributed by atoms with Gasteiger partial charge >= 0.3 is 0 Å². The zero-order valence-corrected chi connectivity index (χ0v) is 13.7. The number of anilines is 1. The Morgan fingerprint density at radius 1 is 1.14 bits per heavy atom. The SMILES string of the molecule is CNC(CN1CCN(c2cccc(C)c2C)CC1)C1CC1. The summed E-state index contributed by atoms with van der Waals surface area (Å²) in [6.45, 7) is 10.4. The number of hydrogen-bond donors (Lipinski definition) is 1. The molecule has 1 atom stereocenters. The summed E-state index contributed by atoms with van der Waals surface area (Å²) < 4.78 is 0. The molecule has 1 heterocycles. The van der Waals surface area contributed by atoms with Gasteiger partial charge in [-0.2, -0.15) is 0 Å². The highest BCUT2D eigenvalue weighted by molar-refractivity contribution is 5.56. The second-order valence-electron chi connectivity index (χ2n) is 6.74. The minimum Gasteiger partial charge on any atom is -0.369 e. The molecule has 0 spiro atoms. The minimum absolute atomic E-state index is 0.706. The van der Waals surface area contributed by atoms with Gasteiger partial charge in [0.1, 0.15) is 0 Å². The van der Waals surface area contributed by atoms with Crippen LogP contribution in [0.1, 0.15) is 24.0 Å². The van der Waals surface area contributed by atoms with Crippen LogP contribution in [0.5, 0.6) is 0 Å². The first-order valence-corrected chi connectivity index (χ1v) is 8.40. The summed E-state index contributed by atoms with van der Waals surface area (Å²) in [5.41, 5.74) is 4.28. The summed E-state index contributed by atoms with van der Waals surface area (Å²) in [7, 11) is 2.12. The lowest BCUT2D eigenvalue weighted by atomic mass is 10.1. The molecule has 1 aliphatic carbocycles. The minimum atomic E-state index is 0.706. The number of nitrogens with one attached hydrogen (secondary N) is 1. The fourth-order valence-electron chi connectivity index (χ4n) is 3.50. The Bertz CT molecular complexity index is 473. The molecule has 3 nitrogen and oxygen atoms in total. The fourth-order valence-corrected chi connectivity index (χ4v) is 3.50. The summed E-state index contributed by atoms with van der Waals surface area (Å²) >= 11 is 0. The van der Waals surface area contributed by atoms with E-state index in [9.17, 15) is 0 Å². The second-order valence-corrected chi connectivity index (χ2v) is 6.74. The van der Waals surface area contributed by atoms with Crippen LogP contribution in [0.3, 0.4) is 0 Å². The molecule has 3 heteroatoms. The van der Waals surface area contributed by atoms with E-state index in [1.165, 1.54) is 49.3 Å². The number of nitrogens with zero attached hydrogens (tertiary/aromatic N) is 2. The number of hydrogen-bond acceptors (Lipinski definition) is 3. The van der Waals surface area contributed by atoms with Crippen LogP contribution < -0.4 is 10.2 Å². The first kappa shape index (κ1) is 14.9. The average molecular weight is 287 g/mol. The monoisotopic (exact) mass is 287 g/mol. The third-order valence-electron chi connectivity index (χ3n) is 5.31. The van der Waals surface area contributed by atoms with Crippen LogP contribution >= 0.6 is 0 Å². The molecule has 21 heavy (non-hydrogen) atoms. The maximum atomic E-state index is 3.52. The van der Waals surface area contributed by atoms with Crippen LogP contribution in [0.25, 0.3) is 0 Å². The Morgan fingerprint density at radius 2 is 1.86 bits per heavy atom. The smallest absolute Gasteiger partial charge is 0.0399 e. The Balaban J connectivity index is 1.56. The van der Waals surface area contributed by atoms with Crippen molar-refractivity contribution in [2.75, 3.05) is 44.7 Å². The van der Waals surface area contributed by atoms with Gasteiger partial charge in [-0.15, -0.1) is 0 Å². The van der Waals surface area contributed by atoms with Crippen molar-refractivity contribution in [2.24, 2.45) is 5.92 Å². The molecule has 0 bridgehead atoms. The van der Waals surface area contributed by atoms with E-state index in [0.29, 0.717) is 6.04 Å². The zero-order chi connectivity index (χ0) is 14.8. The van der Waals surface area contributed by atoms with E-state index < -0.39 is 0 Å². The van der Waals surface area contributed by atoms with Crippen molar-refractivity contribution in [3.63, 3.8) is 0 Å². The lowest BCUT2D eigenvalue weighted by Crippen LogP contribution is -2.51. The zero-order valence-electron chi connectivity index (χ0n) is 13.7. The molecule has 1 N–H and O–H groups in total. The van der Waals surface area contributed by atoms with Gasteiger partial charge < -0.3 is 10.2 Å². The van der Waals surface area contributed by atoms with E-state index in [0.717, 1.165) is 19.0 Å². The first-order valence-electron chi connectivity index (χ1n) is 8.40. The van der Waals surface area contributed by atoms with Gasteiger partial charge in [-0.3, -0.25) is 4.90 Å². The van der Waals surface area contributed by atoms with E-state index >= 15 is 0 Å². The van der Waals surface area contributed by atoms with Gasteiger partial charge in [-0.1, -0.05) is 12.1 Å². The second kappa shape index (κ2) is 6.37. The molecule has 2 fully saturated rings. The number of likely N-dealkylation sites (N-methyl/N-ethyl adjacent to an activating group) is 1. The predicted molar refractivity (Wildman–Crippen MR) is 90.1 cm³/mol. The van der Waals surface area contributed by atoms with Gasteiger partial charge in [-0.25, -0.2) is 0 Å². The molecule has 1 unspecified atom stereocenters. The van der Waals surface area contributed by atoms with Crippen molar-refractivity contribution in [3.8, 4) is 0 Å². The molecule has 116 valence electrons. The van der Waals surface area contributed by atoms with Crippen molar-refractivity contribution >= 4 is 5.69 Å².